The zero-order chi connectivity index (χ0) is 25.6. The molecule has 1 fully saturated rings. The van der Waals surface area contributed by atoms with Crippen LogP contribution in [0.1, 0.15) is 65.4 Å². The number of nitrogens with zero attached hydrogens (tertiary/aromatic N) is 1. The van der Waals surface area contributed by atoms with Gasteiger partial charge < -0.3 is 24.8 Å². The maximum absolute atomic E-state index is 14.8. The van der Waals surface area contributed by atoms with Crippen molar-refractivity contribution in [3.8, 4) is 5.75 Å². The van der Waals surface area contributed by atoms with Gasteiger partial charge in [-0.25, -0.2) is 9.18 Å². The third kappa shape index (κ3) is 7.95. The number of allylic oxidation sites excluding steroid dienone is 2. The Hall–Kier alpha value is -2.61. The molecule has 2 N–H and O–H groups in total. The van der Waals surface area contributed by atoms with E-state index in [1.165, 1.54) is 6.07 Å². The number of hydrogen-bond acceptors (Lipinski definition) is 5. The summed E-state index contributed by atoms with van der Waals surface area (Å²) in [5, 5.41) is 11.9. The number of halogens is 1. The van der Waals surface area contributed by atoms with Gasteiger partial charge in [-0.2, -0.15) is 0 Å². The molecule has 1 heterocycles. The van der Waals surface area contributed by atoms with Gasteiger partial charge in [0.25, 0.3) is 0 Å². The normalized spacial score (nSPS) is 20.1. The smallest absolute Gasteiger partial charge is 0.410 e. The number of likely N-dealkylation sites (tertiary alicyclic amines) is 1. The molecule has 1 aliphatic carbocycles. The van der Waals surface area contributed by atoms with Gasteiger partial charge in [0.15, 0.2) is 11.6 Å². The Morgan fingerprint density at radius 2 is 1.94 bits per heavy atom. The minimum atomic E-state index is -0.510. The van der Waals surface area contributed by atoms with Crippen LogP contribution >= 0.6 is 0 Å². The number of hydrogen-bond donors (Lipinski definition) is 2. The van der Waals surface area contributed by atoms with E-state index in [0.29, 0.717) is 39.0 Å². The third-order valence-corrected chi connectivity index (χ3v) is 6.49. The molecule has 1 unspecified atom stereocenters. The molecule has 8 heteroatoms. The zero-order valence-corrected chi connectivity index (χ0v) is 21.3. The van der Waals surface area contributed by atoms with Crippen LogP contribution in [0, 0.1) is 17.7 Å². The van der Waals surface area contributed by atoms with Gasteiger partial charge in [-0.15, -0.1) is 0 Å². The molecule has 2 aliphatic rings. The zero-order valence-electron chi connectivity index (χ0n) is 21.3. The maximum atomic E-state index is 14.8. The Labute approximate surface area is 207 Å². The number of ether oxygens (including phenoxy) is 2. The van der Waals surface area contributed by atoms with Crippen molar-refractivity contribution in [3.63, 3.8) is 0 Å². The van der Waals surface area contributed by atoms with Crippen molar-refractivity contribution >= 4 is 17.6 Å². The summed E-state index contributed by atoms with van der Waals surface area (Å²) in [7, 11) is 0. The summed E-state index contributed by atoms with van der Waals surface area (Å²) in [5.74, 6) is -0.0812. The molecule has 194 valence electrons. The average molecular weight is 491 g/mol. The first-order valence-corrected chi connectivity index (χ1v) is 12.6. The predicted molar refractivity (Wildman–Crippen MR) is 132 cm³/mol. The summed E-state index contributed by atoms with van der Waals surface area (Å²) in [4.78, 5) is 26.2. The quantitative estimate of drug-likeness (QED) is 0.586. The molecule has 1 aromatic carbocycles. The van der Waals surface area contributed by atoms with E-state index in [1.807, 2.05) is 32.9 Å². The van der Waals surface area contributed by atoms with Gasteiger partial charge >= 0.3 is 6.09 Å². The van der Waals surface area contributed by atoms with E-state index in [9.17, 15) is 14.0 Å². The molecule has 0 saturated carbocycles. The number of aliphatic hydroxyl groups excluding tert-OH is 1. The molecule has 1 aromatic rings. The van der Waals surface area contributed by atoms with Gasteiger partial charge in [-0.3, -0.25) is 4.79 Å². The Kier molecular flexibility index (Phi) is 9.16. The van der Waals surface area contributed by atoms with Gasteiger partial charge in [0.2, 0.25) is 5.91 Å². The lowest BCUT2D eigenvalue weighted by atomic mass is 9.86. The lowest BCUT2D eigenvalue weighted by molar-refractivity contribution is -0.126. The first kappa shape index (κ1) is 27.0. The largest absolute Gasteiger partial charge is 0.490 e. The van der Waals surface area contributed by atoms with Crippen molar-refractivity contribution in [1.82, 2.24) is 10.2 Å². The summed E-state index contributed by atoms with van der Waals surface area (Å²) >= 11 is 0. The molecule has 0 spiro atoms. The highest BCUT2D eigenvalue weighted by Gasteiger charge is 2.27. The van der Waals surface area contributed by atoms with E-state index in [0.717, 1.165) is 24.0 Å². The van der Waals surface area contributed by atoms with E-state index in [1.54, 1.807) is 17.9 Å². The first-order valence-electron chi connectivity index (χ1n) is 12.6. The van der Waals surface area contributed by atoms with E-state index >= 15 is 0 Å². The molecule has 0 bridgehead atoms. The lowest BCUT2D eigenvalue weighted by Gasteiger charge is -2.33. The third-order valence-electron chi connectivity index (χ3n) is 6.49. The number of rotatable bonds is 7. The highest BCUT2D eigenvalue weighted by molar-refractivity contribution is 5.80. The fraction of sp³-hybridized carbons (Fsp3) is 0.630. The Morgan fingerprint density at radius 1 is 1.23 bits per heavy atom. The number of piperidine rings is 1. The van der Waals surface area contributed by atoms with Crippen LogP contribution in [0.25, 0.3) is 5.57 Å². The van der Waals surface area contributed by atoms with Crippen LogP contribution in [0.3, 0.4) is 0 Å². The number of amides is 2. The summed E-state index contributed by atoms with van der Waals surface area (Å²) in [6.45, 7) is 8.86. The number of carbonyl (C=O) groups is 2. The van der Waals surface area contributed by atoms with Crippen molar-refractivity contribution in [3.05, 3.63) is 35.7 Å². The van der Waals surface area contributed by atoms with E-state index < -0.39 is 11.4 Å². The van der Waals surface area contributed by atoms with Crippen LogP contribution in [0.4, 0.5) is 9.18 Å². The topological polar surface area (TPSA) is 88.1 Å². The van der Waals surface area contributed by atoms with Gasteiger partial charge in [0.05, 0.1) is 13.2 Å². The molecule has 1 saturated heterocycles. The molecule has 7 nitrogen and oxygen atoms in total. The molecule has 0 radical (unpaired) electrons. The summed E-state index contributed by atoms with van der Waals surface area (Å²) in [6, 6.07) is 4.78. The van der Waals surface area contributed by atoms with Gasteiger partial charge in [-0.1, -0.05) is 12.1 Å². The molecule has 2 atom stereocenters. The lowest BCUT2D eigenvalue weighted by Crippen LogP contribution is -2.42. The fourth-order valence-electron chi connectivity index (χ4n) is 4.37. The van der Waals surface area contributed by atoms with Crippen LogP contribution in [-0.4, -0.2) is 60.0 Å². The molecule has 1 aliphatic heterocycles. The number of nitrogens with one attached hydrogen (secondary N) is 1. The summed E-state index contributed by atoms with van der Waals surface area (Å²) in [6.07, 6.45) is 5.28. The minimum Gasteiger partial charge on any atom is -0.490 e. The maximum Gasteiger partial charge on any atom is 0.410 e. The second-order valence-corrected chi connectivity index (χ2v) is 10.7. The second kappa shape index (κ2) is 11.9. The minimum absolute atomic E-state index is 0.0475. The average Bonchev–Trinajstić information content (AvgIpc) is 2.82. The molecule has 35 heavy (non-hydrogen) atoms. The number of benzene rings is 1. The van der Waals surface area contributed by atoms with Gasteiger partial charge in [0, 0.05) is 25.0 Å². The highest BCUT2D eigenvalue weighted by Crippen LogP contribution is 2.32. The Morgan fingerprint density at radius 3 is 2.51 bits per heavy atom. The molecular weight excluding hydrogens is 451 g/mol. The number of aliphatic hydroxyl groups is 1. The highest BCUT2D eigenvalue weighted by atomic mass is 19.1. The van der Waals surface area contributed by atoms with Crippen LogP contribution in [-0.2, 0) is 9.53 Å². The molecule has 0 aromatic heterocycles. The summed E-state index contributed by atoms with van der Waals surface area (Å²) in [5.41, 5.74) is 1.33. The van der Waals surface area contributed by atoms with Gasteiger partial charge in [0.1, 0.15) is 5.60 Å². The monoisotopic (exact) mass is 490 g/mol. The summed E-state index contributed by atoms with van der Waals surface area (Å²) < 4.78 is 26.0. The van der Waals surface area contributed by atoms with Crippen LogP contribution in [0.15, 0.2) is 24.3 Å². The predicted octanol–water partition coefficient (Wildman–Crippen LogP) is 4.53. The van der Waals surface area contributed by atoms with Crippen LogP contribution in [0.2, 0.25) is 0 Å². The molecule has 3 rings (SSSR count). The Bertz CT molecular complexity index is 919. The van der Waals surface area contributed by atoms with Crippen LogP contribution < -0.4 is 10.1 Å². The Balaban J connectivity index is 1.47. The van der Waals surface area contributed by atoms with Crippen LogP contribution in [0.5, 0.6) is 5.75 Å². The first-order chi connectivity index (χ1) is 16.6. The SMILES string of the molecule is C[C@H](CO)NC(=O)C1CC=C(c2ccc(OCC3CCN(C(=O)OC(C)(C)C)CC3)c(F)c2)CC1. The van der Waals surface area contributed by atoms with Crippen molar-refractivity contribution in [2.75, 3.05) is 26.3 Å². The molecular formula is C27H39FN2O5. The fourth-order valence-corrected chi connectivity index (χ4v) is 4.37. The molecule has 2 amide bonds. The number of carbonyl (C=O) groups excluding carboxylic acids is 2. The standard InChI is InChI=1S/C27H39FN2O5/c1-18(16-31)29-25(32)21-7-5-20(6-8-21)22-9-10-24(23(28)15-22)34-17-19-11-13-30(14-12-19)26(33)35-27(2,3)4/h5,9-10,15,18-19,21,31H,6-8,11-14,16-17H2,1-4H3,(H,29,32)/t18-,21?/m1/s1. The van der Waals surface area contributed by atoms with Crippen molar-refractivity contribution in [2.45, 2.75) is 71.4 Å². The second-order valence-electron chi connectivity index (χ2n) is 10.7. The van der Waals surface area contributed by atoms with E-state index in [4.69, 9.17) is 14.6 Å². The van der Waals surface area contributed by atoms with Crippen molar-refractivity contribution in [1.29, 1.82) is 0 Å². The van der Waals surface area contributed by atoms with Crippen molar-refractivity contribution < 1.29 is 28.6 Å². The van der Waals surface area contributed by atoms with E-state index in [-0.39, 0.29) is 42.2 Å². The van der Waals surface area contributed by atoms with Gasteiger partial charge in [-0.05, 0) is 89.0 Å². The van der Waals surface area contributed by atoms with Crippen molar-refractivity contribution in [2.24, 2.45) is 11.8 Å². The van der Waals surface area contributed by atoms with E-state index in [2.05, 4.69) is 5.32 Å².